The first-order chi connectivity index (χ1) is 15.6. The van der Waals surface area contributed by atoms with Crippen LogP contribution in [0.3, 0.4) is 0 Å². The van der Waals surface area contributed by atoms with E-state index in [1.807, 2.05) is 0 Å². The SMILES string of the molecule is Nc1c2c(cc(=O)n1-c1cc(Cl)ccc1-n1nc(C(F)(F)F)c3c1CCCC3)C(=O)NC2=O. The topological polar surface area (TPSA) is 112 Å². The van der Waals surface area contributed by atoms with Crippen LogP contribution in [0.2, 0.25) is 5.02 Å². The van der Waals surface area contributed by atoms with Gasteiger partial charge in [0, 0.05) is 22.3 Å². The molecule has 8 nitrogen and oxygen atoms in total. The van der Waals surface area contributed by atoms with Crippen LogP contribution in [0.15, 0.2) is 29.1 Å². The van der Waals surface area contributed by atoms with E-state index in [-0.39, 0.29) is 45.3 Å². The summed E-state index contributed by atoms with van der Waals surface area (Å²) in [6.45, 7) is 0. The first-order valence-electron chi connectivity index (χ1n) is 9.97. The molecule has 0 unspecified atom stereocenters. The highest BCUT2D eigenvalue weighted by Crippen LogP contribution is 2.38. The number of halogens is 4. The molecule has 5 rings (SSSR count). The van der Waals surface area contributed by atoms with E-state index in [1.165, 1.54) is 18.2 Å². The molecule has 2 aromatic heterocycles. The number of hydrogen-bond donors (Lipinski definition) is 2. The van der Waals surface area contributed by atoms with Crippen molar-refractivity contribution in [1.29, 1.82) is 0 Å². The van der Waals surface area contributed by atoms with E-state index in [9.17, 15) is 27.6 Å². The zero-order valence-corrected chi connectivity index (χ0v) is 17.5. The summed E-state index contributed by atoms with van der Waals surface area (Å²) in [6, 6.07) is 5.19. The quantitative estimate of drug-likeness (QED) is 0.551. The van der Waals surface area contributed by atoms with Gasteiger partial charge in [-0.15, -0.1) is 0 Å². The maximum Gasteiger partial charge on any atom is 0.435 e. The minimum Gasteiger partial charge on any atom is -0.384 e. The van der Waals surface area contributed by atoms with Crippen molar-refractivity contribution < 1.29 is 22.8 Å². The lowest BCUT2D eigenvalue weighted by molar-refractivity contribution is -0.142. The van der Waals surface area contributed by atoms with Crippen LogP contribution >= 0.6 is 11.6 Å². The molecule has 0 bridgehead atoms. The Kier molecular flexibility index (Phi) is 4.64. The number of benzene rings is 1. The van der Waals surface area contributed by atoms with Crippen molar-refractivity contribution in [1.82, 2.24) is 19.7 Å². The average Bonchev–Trinajstić information content (AvgIpc) is 3.26. The number of imide groups is 1. The van der Waals surface area contributed by atoms with Crippen LogP contribution in [0.25, 0.3) is 11.4 Å². The van der Waals surface area contributed by atoms with Crippen LogP contribution in [0.5, 0.6) is 0 Å². The predicted octanol–water partition coefficient (Wildman–Crippen LogP) is 3.04. The molecule has 12 heteroatoms. The lowest BCUT2D eigenvalue weighted by Gasteiger charge is -2.19. The summed E-state index contributed by atoms with van der Waals surface area (Å²) in [4.78, 5) is 37.1. The van der Waals surface area contributed by atoms with Gasteiger partial charge in [-0.2, -0.15) is 18.3 Å². The molecule has 0 saturated heterocycles. The normalized spacial score (nSPS) is 15.4. The fourth-order valence-electron chi connectivity index (χ4n) is 4.41. The van der Waals surface area contributed by atoms with Gasteiger partial charge in [0.25, 0.3) is 17.4 Å². The monoisotopic (exact) mass is 477 g/mol. The molecule has 3 N–H and O–H groups in total. The Hall–Kier alpha value is -3.60. The van der Waals surface area contributed by atoms with Crippen molar-refractivity contribution in [2.75, 3.05) is 5.73 Å². The predicted molar refractivity (Wildman–Crippen MR) is 112 cm³/mol. The largest absolute Gasteiger partial charge is 0.435 e. The maximum atomic E-state index is 13.7. The van der Waals surface area contributed by atoms with E-state index in [0.717, 1.165) is 15.3 Å². The van der Waals surface area contributed by atoms with E-state index in [2.05, 4.69) is 10.4 Å². The first kappa shape index (κ1) is 21.3. The molecular formula is C21H15ClF3N5O3. The number of nitrogens with one attached hydrogen (secondary N) is 1. The number of aromatic nitrogens is 3. The smallest absolute Gasteiger partial charge is 0.384 e. The van der Waals surface area contributed by atoms with Gasteiger partial charge < -0.3 is 5.73 Å². The van der Waals surface area contributed by atoms with E-state index in [1.54, 1.807) is 0 Å². The second-order valence-corrected chi connectivity index (χ2v) is 8.24. The number of alkyl halides is 3. The summed E-state index contributed by atoms with van der Waals surface area (Å²) in [5, 5.41) is 6.11. The fraction of sp³-hybridized carbons (Fsp3) is 0.238. The molecule has 0 saturated carbocycles. The molecule has 0 radical (unpaired) electrons. The zero-order chi connectivity index (χ0) is 23.7. The molecule has 170 valence electrons. The molecule has 1 aliphatic carbocycles. The van der Waals surface area contributed by atoms with Gasteiger partial charge in [-0.1, -0.05) is 11.6 Å². The number of fused-ring (bicyclic) bond motifs is 2. The number of nitrogens with two attached hydrogens (primary N) is 1. The number of nitrogens with zero attached hydrogens (tertiary/aromatic N) is 3. The number of carbonyl (C=O) groups excluding carboxylic acids is 2. The van der Waals surface area contributed by atoms with Crippen LogP contribution in [0.4, 0.5) is 19.0 Å². The highest BCUT2D eigenvalue weighted by atomic mass is 35.5. The van der Waals surface area contributed by atoms with Crippen molar-refractivity contribution in [2.24, 2.45) is 0 Å². The van der Waals surface area contributed by atoms with Crippen LogP contribution in [0.1, 0.15) is 50.5 Å². The average molecular weight is 478 g/mol. The number of hydrogen-bond acceptors (Lipinski definition) is 5. The summed E-state index contributed by atoms with van der Waals surface area (Å²) >= 11 is 6.15. The zero-order valence-electron chi connectivity index (χ0n) is 16.8. The minimum atomic E-state index is -4.65. The van der Waals surface area contributed by atoms with Gasteiger partial charge >= 0.3 is 6.18 Å². The Morgan fingerprint density at radius 3 is 2.48 bits per heavy atom. The molecule has 2 aliphatic rings. The van der Waals surface area contributed by atoms with Gasteiger partial charge in [-0.25, -0.2) is 4.68 Å². The van der Waals surface area contributed by atoms with Crippen molar-refractivity contribution in [3.05, 3.63) is 67.7 Å². The van der Waals surface area contributed by atoms with Crippen molar-refractivity contribution in [2.45, 2.75) is 31.9 Å². The van der Waals surface area contributed by atoms with Crippen LogP contribution < -0.4 is 16.6 Å². The summed E-state index contributed by atoms with van der Waals surface area (Å²) in [5.74, 6) is -1.87. The Morgan fingerprint density at radius 2 is 1.76 bits per heavy atom. The van der Waals surface area contributed by atoms with Crippen LogP contribution in [-0.4, -0.2) is 26.2 Å². The molecule has 0 fully saturated rings. The first-order valence-corrected chi connectivity index (χ1v) is 10.3. The molecule has 0 spiro atoms. The maximum absolute atomic E-state index is 13.7. The summed E-state index contributed by atoms with van der Waals surface area (Å²) in [6.07, 6.45) is -2.76. The standard InChI is InChI=1S/C21H15ClF3N5O3/c22-9-5-6-13(30-12-4-2-1-3-10(12)17(28-30)21(23,24)25)14(7-9)29-15(31)8-11-16(18(29)26)20(33)27-19(11)32/h5-8H,1-4,26H2,(H,27,32,33). The third-order valence-electron chi connectivity index (χ3n) is 5.81. The summed E-state index contributed by atoms with van der Waals surface area (Å²) in [5.41, 5.74) is 4.71. The van der Waals surface area contributed by atoms with Crippen LogP contribution in [-0.2, 0) is 19.0 Å². The van der Waals surface area contributed by atoms with Crippen LogP contribution in [0, 0.1) is 0 Å². The number of nitrogen functional groups attached to an aromatic ring is 1. The van der Waals surface area contributed by atoms with Gasteiger partial charge in [0.2, 0.25) is 0 Å². The molecule has 3 aromatic rings. The Labute approximate surface area is 188 Å². The Morgan fingerprint density at radius 1 is 1.03 bits per heavy atom. The fourth-order valence-corrected chi connectivity index (χ4v) is 4.57. The van der Waals surface area contributed by atoms with Gasteiger partial charge in [0.15, 0.2) is 5.69 Å². The van der Waals surface area contributed by atoms with Gasteiger partial charge in [0.1, 0.15) is 5.82 Å². The van der Waals surface area contributed by atoms with Gasteiger partial charge in [-0.05, 0) is 43.9 Å². The molecular weight excluding hydrogens is 463 g/mol. The third-order valence-corrected chi connectivity index (χ3v) is 6.04. The minimum absolute atomic E-state index is 0.0320. The second-order valence-electron chi connectivity index (χ2n) is 7.80. The lowest BCUT2D eigenvalue weighted by atomic mass is 9.95. The highest BCUT2D eigenvalue weighted by Gasteiger charge is 2.40. The molecule has 3 heterocycles. The second kappa shape index (κ2) is 7.20. The number of pyridine rings is 1. The molecule has 1 aromatic carbocycles. The highest BCUT2D eigenvalue weighted by molar-refractivity contribution is 6.30. The number of amides is 2. The molecule has 0 atom stereocenters. The lowest BCUT2D eigenvalue weighted by Crippen LogP contribution is -2.25. The van der Waals surface area contributed by atoms with Crippen molar-refractivity contribution in [3.63, 3.8) is 0 Å². The van der Waals surface area contributed by atoms with Crippen molar-refractivity contribution >= 4 is 29.2 Å². The van der Waals surface area contributed by atoms with Gasteiger partial charge in [0.05, 0.1) is 22.5 Å². The Bertz CT molecular complexity index is 1420. The van der Waals surface area contributed by atoms with Gasteiger partial charge in [-0.3, -0.25) is 24.3 Å². The molecule has 33 heavy (non-hydrogen) atoms. The van der Waals surface area contributed by atoms with E-state index in [0.29, 0.717) is 25.0 Å². The van der Waals surface area contributed by atoms with E-state index in [4.69, 9.17) is 17.3 Å². The summed E-state index contributed by atoms with van der Waals surface area (Å²) in [7, 11) is 0. The molecule has 1 aliphatic heterocycles. The summed E-state index contributed by atoms with van der Waals surface area (Å²) < 4.78 is 43.2. The Balaban J connectivity index is 1.81. The molecule has 2 amide bonds. The number of anilines is 1. The third kappa shape index (κ3) is 3.22. The number of carbonyl (C=O) groups is 2. The van der Waals surface area contributed by atoms with Crippen molar-refractivity contribution in [3.8, 4) is 11.4 Å². The number of rotatable bonds is 2. The van der Waals surface area contributed by atoms with E-state index < -0.39 is 29.2 Å². The van der Waals surface area contributed by atoms with E-state index >= 15 is 0 Å².